The zero-order valence-electron chi connectivity index (χ0n) is 19.7. The summed E-state index contributed by atoms with van der Waals surface area (Å²) in [5.74, 6) is 0.914. The maximum Gasteiger partial charge on any atom is 0.264 e. The van der Waals surface area contributed by atoms with Gasteiger partial charge in [-0.15, -0.1) is 11.8 Å². The van der Waals surface area contributed by atoms with Gasteiger partial charge in [0.1, 0.15) is 12.3 Å². The lowest BCUT2D eigenvalue weighted by atomic mass is 10.2. The number of nitrogens with zero attached hydrogens (tertiary/aromatic N) is 1. The molecule has 3 aromatic carbocycles. The third kappa shape index (κ3) is 7.01. The Kier molecular flexibility index (Phi) is 9.01. The molecule has 0 aliphatic heterocycles. The Hall–Kier alpha value is -2.97. The van der Waals surface area contributed by atoms with E-state index >= 15 is 0 Å². The number of sulfonamides is 1. The molecule has 0 aliphatic carbocycles. The second-order valence-electron chi connectivity index (χ2n) is 7.76. The van der Waals surface area contributed by atoms with Gasteiger partial charge in [0.25, 0.3) is 10.0 Å². The van der Waals surface area contributed by atoms with Crippen LogP contribution in [-0.4, -0.2) is 39.8 Å². The number of benzene rings is 3. The van der Waals surface area contributed by atoms with Crippen LogP contribution >= 0.6 is 11.8 Å². The fourth-order valence-electron chi connectivity index (χ4n) is 3.21. The van der Waals surface area contributed by atoms with Crippen LogP contribution < -0.4 is 14.4 Å². The predicted octanol–water partition coefficient (Wildman–Crippen LogP) is 4.81. The van der Waals surface area contributed by atoms with Crippen LogP contribution in [0.2, 0.25) is 0 Å². The molecule has 0 bridgehead atoms. The van der Waals surface area contributed by atoms with Gasteiger partial charge in [-0.25, -0.2) is 8.42 Å². The number of carbonyl (C=O) groups excluding carboxylic acids is 1. The summed E-state index contributed by atoms with van der Waals surface area (Å²) in [5.41, 5.74) is 2.63. The molecule has 0 aliphatic rings. The maximum absolute atomic E-state index is 13.5. The summed E-state index contributed by atoms with van der Waals surface area (Å²) >= 11 is 1.64. The summed E-state index contributed by atoms with van der Waals surface area (Å²) in [6.07, 6.45) is 0. The van der Waals surface area contributed by atoms with Crippen molar-refractivity contribution in [2.24, 2.45) is 0 Å². The summed E-state index contributed by atoms with van der Waals surface area (Å²) in [6.45, 7) is 6.44. The van der Waals surface area contributed by atoms with Gasteiger partial charge < -0.3 is 10.1 Å². The van der Waals surface area contributed by atoms with Crippen LogP contribution in [0.4, 0.5) is 5.69 Å². The van der Waals surface area contributed by atoms with Crippen LogP contribution in [0.25, 0.3) is 0 Å². The number of nitrogens with one attached hydrogen (secondary N) is 1. The van der Waals surface area contributed by atoms with Gasteiger partial charge in [0.05, 0.1) is 17.2 Å². The van der Waals surface area contributed by atoms with E-state index in [1.807, 2.05) is 57.2 Å². The Bertz CT molecular complexity index is 1180. The van der Waals surface area contributed by atoms with Gasteiger partial charge >= 0.3 is 0 Å². The van der Waals surface area contributed by atoms with Crippen LogP contribution in [0.5, 0.6) is 5.75 Å². The van der Waals surface area contributed by atoms with E-state index in [0.29, 0.717) is 30.3 Å². The predicted molar refractivity (Wildman–Crippen MR) is 138 cm³/mol. The summed E-state index contributed by atoms with van der Waals surface area (Å²) in [5, 5.41) is 2.84. The largest absolute Gasteiger partial charge is 0.494 e. The van der Waals surface area contributed by atoms with Crippen molar-refractivity contribution in [3.8, 4) is 5.75 Å². The second kappa shape index (κ2) is 11.9. The van der Waals surface area contributed by atoms with Crippen LogP contribution in [0.3, 0.4) is 0 Å². The molecular formula is C26H30N2O4S2. The summed E-state index contributed by atoms with van der Waals surface area (Å²) in [6, 6.07) is 21.5. The first-order valence-corrected chi connectivity index (χ1v) is 13.5. The van der Waals surface area contributed by atoms with Crippen LogP contribution in [-0.2, 0) is 14.8 Å². The van der Waals surface area contributed by atoms with E-state index in [-0.39, 0.29) is 17.3 Å². The zero-order chi connectivity index (χ0) is 24.6. The van der Waals surface area contributed by atoms with E-state index in [9.17, 15) is 13.2 Å². The SMILES string of the molecule is CCOc1ccc(S(=O)(=O)N(CC(=O)NCCSc2ccc(C)cc2)c2ccc(C)cc2)cc1. The molecule has 3 rings (SSSR count). The smallest absolute Gasteiger partial charge is 0.264 e. The Morgan fingerprint density at radius 2 is 1.50 bits per heavy atom. The van der Waals surface area contributed by atoms with Crippen molar-refractivity contribution >= 4 is 33.4 Å². The van der Waals surface area contributed by atoms with E-state index in [4.69, 9.17) is 4.74 Å². The lowest BCUT2D eigenvalue weighted by Crippen LogP contribution is -2.41. The monoisotopic (exact) mass is 498 g/mol. The first-order valence-electron chi connectivity index (χ1n) is 11.1. The normalized spacial score (nSPS) is 11.1. The van der Waals surface area contributed by atoms with Gasteiger partial charge in [0.15, 0.2) is 0 Å². The van der Waals surface area contributed by atoms with Gasteiger partial charge in [-0.2, -0.15) is 0 Å². The molecule has 0 spiro atoms. The lowest BCUT2D eigenvalue weighted by molar-refractivity contribution is -0.119. The van der Waals surface area contributed by atoms with Crippen molar-refractivity contribution in [1.82, 2.24) is 5.32 Å². The minimum absolute atomic E-state index is 0.0965. The fraction of sp³-hybridized carbons (Fsp3) is 0.269. The van der Waals surface area contributed by atoms with Crippen molar-refractivity contribution in [3.05, 3.63) is 83.9 Å². The third-order valence-electron chi connectivity index (χ3n) is 5.05. The van der Waals surface area contributed by atoms with E-state index < -0.39 is 10.0 Å². The Morgan fingerprint density at radius 1 is 0.912 bits per heavy atom. The Labute approximate surface area is 206 Å². The average Bonchev–Trinajstić information content (AvgIpc) is 2.83. The minimum Gasteiger partial charge on any atom is -0.494 e. The van der Waals surface area contributed by atoms with Gasteiger partial charge in [-0.1, -0.05) is 35.4 Å². The molecule has 0 aromatic heterocycles. The maximum atomic E-state index is 13.5. The average molecular weight is 499 g/mol. The number of hydrogen-bond donors (Lipinski definition) is 1. The van der Waals surface area contributed by atoms with Crippen LogP contribution in [0.15, 0.2) is 82.6 Å². The van der Waals surface area contributed by atoms with Crippen molar-refractivity contribution in [3.63, 3.8) is 0 Å². The highest BCUT2D eigenvalue weighted by Gasteiger charge is 2.27. The number of thioether (sulfide) groups is 1. The molecule has 34 heavy (non-hydrogen) atoms. The number of anilines is 1. The number of rotatable bonds is 11. The van der Waals surface area contributed by atoms with Crippen LogP contribution in [0, 0.1) is 13.8 Å². The molecule has 1 N–H and O–H groups in total. The molecule has 0 fully saturated rings. The number of ether oxygens (including phenoxy) is 1. The summed E-state index contributed by atoms with van der Waals surface area (Å²) in [7, 11) is -3.96. The van der Waals surface area contributed by atoms with Crippen molar-refractivity contribution in [2.75, 3.05) is 29.8 Å². The molecule has 6 nitrogen and oxygen atoms in total. The summed E-state index contributed by atoms with van der Waals surface area (Å²) in [4.78, 5) is 13.9. The highest BCUT2D eigenvalue weighted by atomic mass is 32.2. The molecular weight excluding hydrogens is 468 g/mol. The molecule has 1 amide bonds. The zero-order valence-corrected chi connectivity index (χ0v) is 21.3. The Balaban J connectivity index is 1.70. The molecule has 8 heteroatoms. The highest BCUT2D eigenvalue weighted by molar-refractivity contribution is 7.99. The van der Waals surface area contributed by atoms with E-state index in [1.165, 1.54) is 17.7 Å². The molecule has 0 atom stereocenters. The summed E-state index contributed by atoms with van der Waals surface area (Å²) < 4.78 is 33.5. The van der Waals surface area contributed by atoms with Crippen LogP contribution in [0.1, 0.15) is 18.1 Å². The highest BCUT2D eigenvalue weighted by Crippen LogP contribution is 2.25. The molecule has 0 unspecified atom stereocenters. The molecule has 3 aromatic rings. The lowest BCUT2D eigenvalue weighted by Gasteiger charge is -2.24. The van der Waals surface area contributed by atoms with E-state index in [0.717, 1.165) is 14.8 Å². The molecule has 0 heterocycles. The van der Waals surface area contributed by atoms with Gasteiger partial charge in [0.2, 0.25) is 5.91 Å². The Morgan fingerprint density at radius 3 is 2.09 bits per heavy atom. The molecule has 0 saturated carbocycles. The molecule has 0 radical (unpaired) electrons. The van der Waals surface area contributed by atoms with E-state index in [1.54, 1.807) is 36.0 Å². The van der Waals surface area contributed by atoms with E-state index in [2.05, 4.69) is 5.32 Å². The topological polar surface area (TPSA) is 75.7 Å². The number of hydrogen-bond acceptors (Lipinski definition) is 5. The van der Waals surface area contributed by atoms with Crippen molar-refractivity contribution in [2.45, 2.75) is 30.6 Å². The molecule has 180 valence electrons. The van der Waals surface area contributed by atoms with Gasteiger partial charge in [-0.3, -0.25) is 9.10 Å². The number of amides is 1. The third-order valence-corrected chi connectivity index (χ3v) is 7.85. The van der Waals surface area contributed by atoms with Crippen molar-refractivity contribution in [1.29, 1.82) is 0 Å². The number of carbonyl (C=O) groups is 1. The van der Waals surface area contributed by atoms with Gasteiger partial charge in [0, 0.05) is 17.2 Å². The minimum atomic E-state index is -3.96. The molecule has 0 saturated heterocycles. The van der Waals surface area contributed by atoms with Gasteiger partial charge in [-0.05, 0) is 69.3 Å². The van der Waals surface area contributed by atoms with Crippen molar-refractivity contribution < 1.29 is 17.9 Å². The quantitative estimate of drug-likeness (QED) is 0.303. The second-order valence-corrected chi connectivity index (χ2v) is 10.8. The number of aryl methyl sites for hydroxylation is 2. The standard InChI is InChI=1S/C26H30N2O4S2/c1-4-32-23-11-15-25(16-12-23)34(30,31)28(22-9-5-20(2)6-10-22)19-26(29)27-17-18-33-24-13-7-21(3)8-14-24/h5-16H,4,17-19H2,1-3H3,(H,27,29). The fourth-order valence-corrected chi connectivity index (χ4v) is 5.40. The first-order chi connectivity index (χ1) is 16.3. The first kappa shape index (κ1) is 25.6.